The molecule has 4 heterocycles. The lowest BCUT2D eigenvalue weighted by Gasteiger charge is -2.42. The number of likely N-dealkylation sites (N-methyl/N-ethyl adjacent to an activating group) is 1. The van der Waals surface area contributed by atoms with E-state index in [-0.39, 0.29) is 23.4 Å². The highest BCUT2D eigenvalue weighted by Crippen LogP contribution is 2.34. The van der Waals surface area contributed by atoms with Gasteiger partial charge in [0.15, 0.2) is 0 Å². The number of halogens is 3. The van der Waals surface area contributed by atoms with Crippen LogP contribution < -0.4 is 5.32 Å². The number of carboxylic acids is 1. The largest absolute Gasteiger partial charge is 0.490 e. The fourth-order valence-electron chi connectivity index (χ4n) is 5.24. The Labute approximate surface area is 216 Å². The predicted molar refractivity (Wildman–Crippen MR) is 126 cm³/mol. The van der Waals surface area contributed by atoms with Crippen molar-refractivity contribution in [1.82, 2.24) is 39.7 Å². The van der Waals surface area contributed by atoms with Gasteiger partial charge in [-0.25, -0.2) is 4.79 Å². The highest BCUT2D eigenvalue weighted by molar-refractivity contribution is 5.92. The molecule has 38 heavy (non-hydrogen) atoms. The molecule has 2 aromatic rings. The third-order valence-electron chi connectivity index (χ3n) is 7.41. The van der Waals surface area contributed by atoms with Crippen LogP contribution in [0.25, 0.3) is 0 Å². The number of fused-ring (bicyclic) bond motifs is 1. The molecule has 12 nitrogen and oxygen atoms in total. The highest BCUT2D eigenvalue weighted by Gasteiger charge is 2.47. The first kappa shape index (κ1) is 27.5. The summed E-state index contributed by atoms with van der Waals surface area (Å²) in [4.78, 5) is 38.9. The average molecular weight is 541 g/mol. The third-order valence-corrected chi connectivity index (χ3v) is 7.41. The fraction of sp³-hybridized carbons (Fsp3) is 0.652. The topological polar surface area (TPSA) is 138 Å². The van der Waals surface area contributed by atoms with Gasteiger partial charge >= 0.3 is 12.1 Å². The summed E-state index contributed by atoms with van der Waals surface area (Å²) in [6, 6.07) is 1.98. The van der Waals surface area contributed by atoms with Gasteiger partial charge < -0.3 is 19.9 Å². The molecule has 2 amide bonds. The van der Waals surface area contributed by atoms with Gasteiger partial charge in [0.05, 0.1) is 12.1 Å². The van der Waals surface area contributed by atoms with Crippen molar-refractivity contribution in [3.8, 4) is 0 Å². The SMILES string of the molecule is CN1Cc2nnc(C(=O)NC3CCCCC3)n2CC12CCN(C(=O)c1ccn(C)n1)C2.O=C(O)C(F)(F)F. The molecule has 1 aliphatic carbocycles. The number of amides is 2. The Hall–Kier alpha value is -3.49. The maximum Gasteiger partial charge on any atom is 0.490 e. The van der Waals surface area contributed by atoms with Gasteiger partial charge in [-0.15, -0.1) is 10.2 Å². The second-order valence-electron chi connectivity index (χ2n) is 10.1. The Bertz CT molecular complexity index is 1190. The summed E-state index contributed by atoms with van der Waals surface area (Å²) in [7, 11) is 3.87. The van der Waals surface area contributed by atoms with Gasteiger partial charge in [-0.1, -0.05) is 19.3 Å². The molecule has 0 bridgehead atoms. The summed E-state index contributed by atoms with van der Waals surface area (Å²) in [5, 5.41) is 23.1. The number of hydrogen-bond acceptors (Lipinski definition) is 7. The van der Waals surface area contributed by atoms with E-state index in [0.29, 0.717) is 37.7 Å². The number of aliphatic carboxylic acids is 1. The van der Waals surface area contributed by atoms with Crippen molar-refractivity contribution in [1.29, 1.82) is 0 Å². The molecule has 1 saturated carbocycles. The van der Waals surface area contributed by atoms with E-state index in [2.05, 4.69) is 32.6 Å². The molecule has 0 radical (unpaired) electrons. The minimum atomic E-state index is -5.08. The van der Waals surface area contributed by atoms with Crippen molar-refractivity contribution in [2.24, 2.45) is 7.05 Å². The van der Waals surface area contributed by atoms with Crippen LogP contribution in [0.5, 0.6) is 0 Å². The Morgan fingerprint density at radius 3 is 2.39 bits per heavy atom. The number of carbonyl (C=O) groups excluding carboxylic acids is 2. The monoisotopic (exact) mass is 540 g/mol. The number of nitrogens with zero attached hydrogens (tertiary/aromatic N) is 7. The van der Waals surface area contributed by atoms with E-state index in [4.69, 9.17) is 9.90 Å². The van der Waals surface area contributed by atoms with Crippen LogP contribution in [-0.2, 0) is 24.9 Å². The molecular weight excluding hydrogens is 509 g/mol. The number of rotatable bonds is 3. The second-order valence-corrected chi connectivity index (χ2v) is 10.1. The summed E-state index contributed by atoms with van der Waals surface area (Å²) in [6.07, 6.45) is 3.17. The van der Waals surface area contributed by atoms with Gasteiger partial charge in [0.25, 0.3) is 11.8 Å². The Kier molecular flexibility index (Phi) is 7.76. The minimum Gasteiger partial charge on any atom is -0.475 e. The van der Waals surface area contributed by atoms with E-state index in [1.165, 1.54) is 6.42 Å². The maximum atomic E-state index is 13.0. The Morgan fingerprint density at radius 2 is 1.79 bits per heavy atom. The first-order chi connectivity index (χ1) is 17.9. The van der Waals surface area contributed by atoms with Crippen LogP contribution in [0.4, 0.5) is 13.2 Å². The van der Waals surface area contributed by atoms with Gasteiger partial charge in [0.1, 0.15) is 11.5 Å². The first-order valence-electron chi connectivity index (χ1n) is 12.4. The number of carboxylic acid groups (broad SMARTS) is 1. The van der Waals surface area contributed by atoms with Crippen molar-refractivity contribution < 1.29 is 32.7 Å². The molecule has 2 N–H and O–H groups in total. The normalized spacial score (nSPS) is 22.1. The molecule has 2 fully saturated rings. The molecule has 5 rings (SSSR count). The standard InChI is InChI=1S/C21H30N8O2.C2HF3O2/c1-26-12-17-23-24-18(19(30)22-15-6-4-3-5-7-15)29(17)14-21(26)9-11-28(13-21)20(31)16-8-10-27(2)25-16;3-2(4,5)1(6)7/h8,10,15H,3-7,9,11-14H2,1-2H3,(H,22,30);(H,6,7). The van der Waals surface area contributed by atoms with Crippen molar-refractivity contribution in [3.63, 3.8) is 0 Å². The third kappa shape index (κ3) is 5.81. The summed E-state index contributed by atoms with van der Waals surface area (Å²) < 4.78 is 35.3. The summed E-state index contributed by atoms with van der Waals surface area (Å²) >= 11 is 0. The van der Waals surface area contributed by atoms with Crippen LogP contribution in [0.2, 0.25) is 0 Å². The summed E-state index contributed by atoms with van der Waals surface area (Å²) in [6.45, 7) is 2.47. The molecule has 1 unspecified atom stereocenters. The second kappa shape index (κ2) is 10.7. The van der Waals surface area contributed by atoms with Gasteiger partial charge in [0, 0.05) is 38.9 Å². The predicted octanol–water partition coefficient (Wildman–Crippen LogP) is 1.44. The Balaban J connectivity index is 0.000000426. The molecule has 2 aromatic heterocycles. The average Bonchev–Trinajstić information content (AvgIpc) is 3.59. The van der Waals surface area contributed by atoms with E-state index in [9.17, 15) is 22.8 Å². The maximum absolute atomic E-state index is 13.0. The zero-order chi connectivity index (χ0) is 27.7. The smallest absolute Gasteiger partial charge is 0.475 e. The van der Waals surface area contributed by atoms with Crippen LogP contribution in [0, 0.1) is 0 Å². The zero-order valence-corrected chi connectivity index (χ0v) is 21.2. The number of carbonyl (C=O) groups is 3. The van der Waals surface area contributed by atoms with Crippen LogP contribution in [-0.4, -0.2) is 95.1 Å². The fourth-order valence-corrected chi connectivity index (χ4v) is 5.24. The van der Waals surface area contributed by atoms with Crippen LogP contribution in [0.1, 0.15) is 65.5 Å². The molecule has 208 valence electrons. The molecular formula is C23H31F3N8O4. The summed E-state index contributed by atoms with van der Waals surface area (Å²) in [5.41, 5.74) is 0.232. The van der Waals surface area contributed by atoms with Gasteiger partial charge in [-0.05, 0) is 32.4 Å². The van der Waals surface area contributed by atoms with Gasteiger partial charge in [-0.3, -0.25) is 19.2 Å². The molecule has 0 aromatic carbocycles. The van der Waals surface area contributed by atoms with Crippen molar-refractivity contribution >= 4 is 17.8 Å². The lowest BCUT2D eigenvalue weighted by molar-refractivity contribution is -0.192. The van der Waals surface area contributed by atoms with Crippen LogP contribution >= 0.6 is 0 Å². The molecule has 15 heteroatoms. The van der Waals surface area contributed by atoms with E-state index >= 15 is 0 Å². The van der Waals surface area contributed by atoms with E-state index in [1.54, 1.807) is 16.9 Å². The number of nitrogens with one attached hydrogen (secondary N) is 1. The van der Waals surface area contributed by atoms with E-state index < -0.39 is 12.1 Å². The number of hydrogen-bond donors (Lipinski definition) is 2. The summed E-state index contributed by atoms with van der Waals surface area (Å²) in [5.74, 6) is -1.74. The van der Waals surface area contributed by atoms with Gasteiger partial charge in [0.2, 0.25) is 5.82 Å². The Morgan fingerprint density at radius 1 is 1.11 bits per heavy atom. The quantitative estimate of drug-likeness (QED) is 0.597. The van der Waals surface area contributed by atoms with Crippen molar-refractivity contribution in [2.45, 2.75) is 69.4 Å². The number of alkyl halides is 3. The van der Waals surface area contributed by atoms with Crippen LogP contribution in [0.3, 0.4) is 0 Å². The number of aromatic nitrogens is 5. The van der Waals surface area contributed by atoms with E-state index in [1.807, 2.05) is 16.5 Å². The van der Waals surface area contributed by atoms with Crippen molar-refractivity contribution in [3.05, 3.63) is 29.6 Å². The van der Waals surface area contributed by atoms with Crippen molar-refractivity contribution in [2.75, 3.05) is 20.1 Å². The lowest BCUT2D eigenvalue weighted by atomic mass is 9.94. The molecule has 2 aliphatic heterocycles. The van der Waals surface area contributed by atoms with E-state index in [0.717, 1.165) is 37.9 Å². The highest BCUT2D eigenvalue weighted by atomic mass is 19.4. The zero-order valence-electron chi connectivity index (χ0n) is 21.2. The lowest BCUT2D eigenvalue weighted by Crippen LogP contribution is -2.55. The minimum absolute atomic E-state index is 0.0457. The molecule has 3 aliphatic rings. The number of likely N-dealkylation sites (tertiary alicyclic amines) is 1. The number of aryl methyl sites for hydroxylation is 1. The molecule has 1 spiro atoms. The molecule has 1 saturated heterocycles. The molecule has 1 atom stereocenters. The van der Waals surface area contributed by atoms with Gasteiger partial charge in [-0.2, -0.15) is 18.3 Å². The van der Waals surface area contributed by atoms with Crippen LogP contribution in [0.15, 0.2) is 12.3 Å². The first-order valence-corrected chi connectivity index (χ1v) is 12.4.